The molecule has 2 rings (SSSR count). The highest BCUT2D eigenvalue weighted by Crippen LogP contribution is 2.17. The predicted octanol–water partition coefficient (Wildman–Crippen LogP) is 0.917. The number of hydrazine groups is 1. The van der Waals surface area contributed by atoms with Crippen LogP contribution in [-0.2, 0) is 6.54 Å². The molecule has 1 aliphatic heterocycles. The maximum atomic E-state index is 11.3. The summed E-state index contributed by atoms with van der Waals surface area (Å²) in [5, 5.41) is 0. The Hall–Kier alpha value is -1.46. The molecular weight excluding hydrogens is 228 g/mol. The molecule has 0 saturated carbocycles. The summed E-state index contributed by atoms with van der Waals surface area (Å²) < 4.78 is 0. The Morgan fingerprint density at radius 1 is 1.61 bits per heavy atom. The van der Waals surface area contributed by atoms with Crippen LogP contribution in [0.4, 0.5) is 0 Å². The zero-order valence-electron chi connectivity index (χ0n) is 10.7. The lowest BCUT2D eigenvalue weighted by atomic mass is 10.0. The number of carbonyl (C=O) groups excluding carboxylic acids is 1. The van der Waals surface area contributed by atoms with Gasteiger partial charge >= 0.3 is 0 Å². The van der Waals surface area contributed by atoms with Gasteiger partial charge in [0.25, 0.3) is 5.91 Å². The van der Waals surface area contributed by atoms with E-state index in [0.717, 1.165) is 31.2 Å². The molecule has 0 aromatic carbocycles. The van der Waals surface area contributed by atoms with Crippen LogP contribution in [0.1, 0.15) is 35.8 Å². The van der Waals surface area contributed by atoms with Crippen molar-refractivity contribution in [3.05, 3.63) is 29.6 Å². The summed E-state index contributed by atoms with van der Waals surface area (Å²) in [5.41, 5.74) is 3.59. The Bertz CT molecular complexity index is 404. The predicted molar refractivity (Wildman–Crippen MR) is 69.6 cm³/mol. The van der Waals surface area contributed by atoms with Crippen LogP contribution >= 0.6 is 0 Å². The molecule has 1 aromatic rings. The third-order valence-electron chi connectivity index (χ3n) is 3.34. The molecule has 0 aliphatic carbocycles. The quantitative estimate of drug-likeness (QED) is 0.474. The fourth-order valence-corrected chi connectivity index (χ4v) is 2.40. The fourth-order valence-electron chi connectivity index (χ4n) is 2.40. The van der Waals surface area contributed by atoms with Crippen molar-refractivity contribution in [1.82, 2.24) is 15.3 Å². The Morgan fingerprint density at radius 3 is 3.06 bits per heavy atom. The van der Waals surface area contributed by atoms with Crippen LogP contribution in [0.25, 0.3) is 0 Å². The van der Waals surface area contributed by atoms with Gasteiger partial charge in [0.15, 0.2) is 0 Å². The topological polar surface area (TPSA) is 71.2 Å². The van der Waals surface area contributed by atoms with Crippen LogP contribution in [0, 0.1) is 5.92 Å². The van der Waals surface area contributed by atoms with E-state index >= 15 is 0 Å². The van der Waals surface area contributed by atoms with E-state index in [4.69, 9.17) is 5.84 Å². The largest absolute Gasteiger partial charge is 0.297 e. The number of piperidine rings is 1. The second kappa shape index (κ2) is 5.93. The molecule has 1 aromatic heterocycles. The first kappa shape index (κ1) is 13.0. The van der Waals surface area contributed by atoms with Crippen LogP contribution in [0.2, 0.25) is 0 Å². The molecule has 1 fully saturated rings. The third-order valence-corrected chi connectivity index (χ3v) is 3.34. The van der Waals surface area contributed by atoms with Gasteiger partial charge in [0.05, 0.1) is 11.3 Å². The molecule has 0 radical (unpaired) electrons. The van der Waals surface area contributed by atoms with E-state index in [1.54, 1.807) is 12.3 Å². The van der Waals surface area contributed by atoms with Gasteiger partial charge in [0, 0.05) is 19.3 Å². The summed E-state index contributed by atoms with van der Waals surface area (Å²) in [6, 6.07) is 3.65. The number of aromatic nitrogens is 1. The van der Waals surface area contributed by atoms with Crippen molar-refractivity contribution in [2.24, 2.45) is 11.8 Å². The number of rotatable bonds is 3. The first-order valence-electron chi connectivity index (χ1n) is 6.37. The Kier molecular flexibility index (Phi) is 4.28. The number of nitrogens with one attached hydrogen (secondary N) is 1. The Morgan fingerprint density at radius 2 is 2.44 bits per heavy atom. The molecule has 1 amide bonds. The standard InChI is InChI=1S/C13H20N4O/c1-10-3-2-6-17(8-10)9-12-5-4-11(7-15-12)13(18)16-14/h4-5,7,10H,2-3,6,8-9,14H2,1H3,(H,16,18). The second-order valence-electron chi connectivity index (χ2n) is 4.99. The number of hydrogen-bond donors (Lipinski definition) is 2. The molecule has 18 heavy (non-hydrogen) atoms. The minimum atomic E-state index is -0.305. The van der Waals surface area contributed by atoms with E-state index in [2.05, 4.69) is 22.2 Å². The Labute approximate surface area is 107 Å². The molecule has 5 nitrogen and oxygen atoms in total. The highest BCUT2D eigenvalue weighted by Gasteiger charge is 2.16. The van der Waals surface area contributed by atoms with Gasteiger partial charge in [-0.3, -0.25) is 20.1 Å². The monoisotopic (exact) mass is 248 g/mol. The summed E-state index contributed by atoms with van der Waals surface area (Å²) >= 11 is 0. The van der Waals surface area contributed by atoms with E-state index in [1.807, 2.05) is 6.07 Å². The fraction of sp³-hybridized carbons (Fsp3) is 0.538. The SMILES string of the molecule is CC1CCCN(Cc2ccc(C(=O)NN)cn2)C1. The van der Waals surface area contributed by atoms with Crippen molar-refractivity contribution in [2.75, 3.05) is 13.1 Å². The number of pyridine rings is 1. The number of amides is 1. The van der Waals surface area contributed by atoms with E-state index in [1.165, 1.54) is 12.8 Å². The number of nitrogens with zero attached hydrogens (tertiary/aromatic N) is 2. The second-order valence-corrected chi connectivity index (χ2v) is 4.99. The highest BCUT2D eigenvalue weighted by atomic mass is 16.2. The molecule has 2 heterocycles. The normalized spacial score (nSPS) is 20.7. The number of hydrogen-bond acceptors (Lipinski definition) is 4. The molecule has 98 valence electrons. The first-order valence-corrected chi connectivity index (χ1v) is 6.37. The Balaban J connectivity index is 1.95. The highest BCUT2D eigenvalue weighted by molar-refractivity contribution is 5.93. The van der Waals surface area contributed by atoms with Crippen LogP contribution < -0.4 is 11.3 Å². The van der Waals surface area contributed by atoms with Crippen LogP contribution in [0.3, 0.4) is 0 Å². The number of nitrogen functional groups attached to an aromatic ring is 1. The lowest BCUT2D eigenvalue weighted by Gasteiger charge is -2.30. The minimum absolute atomic E-state index is 0.305. The van der Waals surface area contributed by atoms with E-state index in [9.17, 15) is 4.79 Å². The van der Waals surface area contributed by atoms with Gasteiger partial charge in [0.2, 0.25) is 0 Å². The molecule has 0 spiro atoms. The lowest BCUT2D eigenvalue weighted by Crippen LogP contribution is -2.34. The molecule has 5 heteroatoms. The minimum Gasteiger partial charge on any atom is -0.297 e. The molecule has 1 unspecified atom stereocenters. The zero-order valence-corrected chi connectivity index (χ0v) is 10.7. The average Bonchev–Trinajstić information content (AvgIpc) is 2.39. The van der Waals surface area contributed by atoms with Crippen molar-refractivity contribution in [3.63, 3.8) is 0 Å². The smallest absolute Gasteiger partial charge is 0.266 e. The molecule has 1 saturated heterocycles. The number of carbonyl (C=O) groups is 1. The van der Waals surface area contributed by atoms with Crippen LogP contribution in [0.15, 0.2) is 18.3 Å². The van der Waals surface area contributed by atoms with Crippen molar-refractivity contribution < 1.29 is 4.79 Å². The summed E-state index contributed by atoms with van der Waals surface area (Å²) in [4.78, 5) is 18.0. The van der Waals surface area contributed by atoms with Crippen LogP contribution in [0.5, 0.6) is 0 Å². The number of likely N-dealkylation sites (tertiary alicyclic amines) is 1. The van der Waals surface area contributed by atoms with E-state index < -0.39 is 0 Å². The molecular formula is C13H20N4O. The first-order chi connectivity index (χ1) is 8.69. The summed E-state index contributed by atoms with van der Waals surface area (Å²) in [5.74, 6) is 5.53. The molecule has 1 atom stereocenters. The van der Waals surface area contributed by atoms with Gasteiger partial charge in [0.1, 0.15) is 0 Å². The third kappa shape index (κ3) is 3.27. The van der Waals surface area contributed by atoms with Crippen molar-refractivity contribution in [3.8, 4) is 0 Å². The average molecular weight is 248 g/mol. The summed E-state index contributed by atoms with van der Waals surface area (Å²) in [6.07, 6.45) is 4.15. The van der Waals surface area contributed by atoms with E-state index in [-0.39, 0.29) is 5.91 Å². The number of nitrogens with two attached hydrogens (primary N) is 1. The van der Waals surface area contributed by atoms with Crippen LogP contribution in [-0.4, -0.2) is 28.9 Å². The molecule has 1 aliphatic rings. The van der Waals surface area contributed by atoms with Gasteiger partial charge in [-0.2, -0.15) is 0 Å². The van der Waals surface area contributed by atoms with Gasteiger partial charge < -0.3 is 0 Å². The van der Waals surface area contributed by atoms with Gasteiger partial charge in [-0.05, 0) is 37.4 Å². The maximum absolute atomic E-state index is 11.3. The van der Waals surface area contributed by atoms with Crippen molar-refractivity contribution in [1.29, 1.82) is 0 Å². The molecule has 0 bridgehead atoms. The maximum Gasteiger partial charge on any atom is 0.266 e. The van der Waals surface area contributed by atoms with E-state index in [0.29, 0.717) is 5.56 Å². The van der Waals surface area contributed by atoms with Gasteiger partial charge in [-0.15, -0.1) is 0 Å². The lowest BCUT2D eigenvalue weighted by molar-refractivity contribution is 0.0953. The summed E-state index contributed by atoms with van der Waals surface area (Å²) in [7, 11) is 0. The summed E-state index contributed by atoms with van der Waals surface area (Å²) in [6.45, 7) is 5.41. The molecule has 3 N–H and O–H groups in total. The van der Waals surface area contributed by atoms with Gasteiger partial charge in [-0.25, -0.2) is 5.84 Å². The zero-order chi connectivity index (χ0) is 13.0. The van der Waals surface area contributed by atoms with Gasteiger partial charge in [-0.1, -0.05) is 6.92 Å². The van der Waals surface area contributed by atoms with Crippen molar-refractivity contribution >= 4 is 5.91 Å². The van der Waals surface area contributed by atoms with Crippen molar-refractivity contribution in [2.45, 2.75) is 26.3 Å².